The molecule has 1 aromatic heterocycles. The zero-order chi connectivity index (χ0) is 23.1. The van der Waals surface area contributed by atoms with E-state index < -0.39 is 0 Å². The topological polar surface area (TPSA) is 3.88 Å². The number of rotatable bonds is 7. The van der Waals surface area contributed by atoms with Crippen LogP contribution in [0.2, 0.25) is 0 Å². The zero-order valence-electron chi connectivity index (χ0n) is 21.4. The van der Waals surface area contributed by atoms with Crippen molar-refractivity contribution in [1.29, 1.82) is 0 Å². The molecule has 0 bridgehead atoms. The molecule has 1 heteroatoms. The van der Waals surface area contributed by atoms with Gasteiger partial charge in [-0.25, -0.2) is 0 Å². The van der Waals surface area contributed by atoms with Crippen LogP contribution in [0.4, 0.5) is 0 Å². The highest BCUT2D eigenvalue weighted by molar-refractivity contribution is 5.99. The van der Waals surface area contributed by atoms with E-state index in [1.165, 1.54) is 70.8 Å². The quantitative estimate of drug-likeness (QED) is 0.333. The Morgan fingerprint density at radius 3 is 2.28 bits per heavy atom. The number of pyridine rings is 1. The van der Waals surface area contributed by atoms with E-state index in [9.17, 15) is 0 Å². The zero-order valence-corrected chi connectivity index (χ0v) is 21.4. The molecular formula is C31H42N+. The molecule has 1 nitrogen and oxygen atoms in total. The predicted molar refractivity (Wildman–Crippen MR) is 138 cm³/mol. The smallest absolute Gasteiger partial charge is 0.192 e. The van der Waals surface area contributed by atoms with Crippen molar-refractivity contribution in [3.63, 3.8) is 0 Å². The Labute approximate surface area is 195 Å². The van der Waals surface area contributed by atoms with Gasteiger partial charge in [-0.3, -0.25) is 0 Å². The molecule has 32 heavy (non-hydrogen) atoms. The molecule has 1 aliphatic heterocycles. The molecule has 2 atom stereocenters. The molecule has 4 rings (SSSR count). The molecule has 2 aromatic carbocycles. The summed E-state index contributed by atoms with van der Waals surface area (Å²) < 4.78 is 2.71. The van der Waals surface area contributed by atoms with Crippen molar-refractivity contribution >= 4 is 10.8 Å². The van der Waals surface area contributed by atoms with Gasteiger partial charge in [0.25, 0.3) is 0 Å². The van der Waals surface area contributed by atoms with Crippen LogP contribution in [0.3, 0.4) is 0 Å². The normalized spacial score (nSPS) is 22.1. The summed E-state index contributed by atoms with van der Waals surface area (Å²) in [7, 11) is 0. The van der Waals surface area contributed by atoms with Gasteiger partial charge in [0.15, 0.2) is 11.7 Å². The van der Waals surface area contributed by atoms with Crippen LogP contribution in [0, 0.1) is 13.8 Å². The van der Waals surface area contributed by atoms with E-state index in [1.807, 2.05) is 0 Å². The first-order valence-electron chi connectivity index (χ1n) is 13.0. The van der Waals surface area contributed by atoms with Crippen LogP contribution in [-0.4, -0.2) is 0 Å². The number of aryl methyl sites for hydroxylation is 3. The number of hydrogen-bond donors (Lipinski definition) is 0. The summed E-state index contributed by atoms with van der Waals surface area (Å²) in [6.07, 6.45) is 10.8. The summed E-state index contributed by atoms with van der Waals surface area (Å²) in [6.45, 7) is 16.5. The van der Waals surface area contributed by atoms with Crippen LogP contribution in [0.25, 0.3) is 22.0 Å². The molecule has 0 spiro atoms. The Kier molecular flexibility index (Phi) is 6.23. The van der Waals surface area contributed by atoms with E-state index in [0.717, 1.165) is 12.8 Å². The molecule has 0 saturated carbocycles. The lowest BCUT2D eigenvalue weighted by molar-refractivity contribution is -0.770. The van der Waals surface area contributed by atoms with Gasteiger partial charge in [0.2, 0.25) is 5.69 Å². The Morgan fingerprint density at radius 1 is 0.844 bits per heavy atom. The van der Waals surface area contributed by atoms with Gasteiger partial charge >= 0.3 is 0 Å². The van der Waals surface area contributed by atoms with Crippen molar-refractivity contribution in [1.82, 2.24) is 0 Å². The summed E-state index contributed by atoms with van der Waals surface area (Å²) in [5.41, 5.74) is 8.94. The number of hydrogen-bond acceptors (Lipinski definition) is 0. The third-order valence-electron chi connectivity index (χ3n) is 8.80. The van der Waals surface area contributed by atoms with Crippen LogP contribution >= 0.6 is 0 Å². The van der Waals surface area contributed by atoms with Gasteiger partial charge in [0.05, 0.1) is 11.0 Å². The monoisotopic (exact) mass is 428 g/mol. The highest BCUT2D eigenvalue weighted by Crippen LogP contribution is 2.53. The summed E-state index contributed by atoms with van der Waals surface area (Å²) in [5, 5.41) is 2.89. The lowest BCUT2D eigenvalue weighted by Crippen LogP contribution is -2.69. The highest BCUT2D eigenvalue weighted by atomic mass is 15.1. The minimum atomic E-state index is 0.0973. The van der Waals surface area contributed by atoms with Crippen molar-refractivity contribution < 1.29 is 4.57 Å². The first-order valence-corrected chi connectivity index (χ1v) is 13.0. The van der Waals surface area contributed by atoms with E-state index in [-0.39, 0.29) is 11.0 Å². The van der Waals surface area contributed by atoms with Gasteiger partial charge in [0.1, 0.15) is 0 Å². The number of nitrogens with zero attached hydrogens (tertiary/aromatic N) is 1. The molecule has 2 unspecified atom stereocenters. The lowest BCUT2D eigenvalue weighted by atomic mass is 9.58. The fraction of sp³-hybridized carbons (Fsp3) is 0.516. The van der Waals surface area contributed by atoms with Crippen LogP contribution in [0.1, 0.15) is 95.4 Å². The highest BCUT2D eigenvalue weighted by Gasteiger charge is 2.59. The predicted octanol–water partition coefficient (Wildman–Crippen LogP) is 8.34. The second kappa shape index (κ2) is 8.65. The maximum atomic E-state index is 2.71. The van der Waals surface area contributed by atoms with Gasteiger partial charge in [-0.1, -0.05) is 64.4 Å². The van der Waals surface area contributed by atoms with Crippen molar-refractivity contribution in [3.05, 3.63) is 64.8 Å². The van der Waals surface area contributed by atoms with Gasteiger partial charge in [-0.05, 0) is 73.9 Å². The molecule has 0 amide bonds. The van der Waals surface area contributed by atoms with E-state index in [2.05, 4.69) is 95.6 Å². The summed E-state index contributed by atoms with van der Waals surface area (Å²) in [5.74, 6) is 0. The summed E-state index contributed by atoms with van der Waals surface area (Å²) >= 11 is 0. The molecule has 1 aliphatic rings. The van der Waals surface area contributed by atoms with E-state index in [4.69, 9.17) is 0 Å². The van der Waals surface area contributed by atoms with Crippen molar-refractivity contribution in [3.8, 4) is 11.3 Å². The number of aromatic nitrogens is 1. The van der Waals surface area contributed by atoms with E-state index >= 15 is 0 Å². The first kappa shape index (κ1) is 23.0. The Hall–Kier alpha value is -2.15. The molecule has 2 heterocycles. The number of unbranched alkanes of at least 4 members (excludes halogenated alkanes) is 1. The molecule has 0 aliphatic carbocycles. The van der Waals surface area contributed by atoms with Gasteiger partial charge in [-0.15, -0.1) is 0 Å². The van der Waals surface area contributed by atoms with Crippen molar-refractivity contribution in [2.45, 2.75) is 104 Å². The Morgan fingerprint density at radius 2 is 1.62 bits per heavy atom. The van der Waals surface area contributed by atoms with Crippen LogP contribution in [0.15, 0.2) is 42.6 Å². The average molecular weight is 429 g/mol. The summed E-state index contributed by atoms with van der Waals surface area (Å²) in [4.78, 5) is 0. The molecule has 3 aromatic rings. The summed E-state index contributed by atoms with van der Waals surface area (Å²) in [6, 6.07) is 14.4. The fourth-order valence-corrected chi connectivity index (χ4v) is 6.63. The number of benzene rings is 2. The van der Waals surface area contributed by atoms with Crippen molar-refractivity contribution in [2.24, 2.45) is 0 Å². The second-order valence-corrected chi connectivity index (χ2v) is 10.3. The first-order chi connectivity index (χ1) is 15.4. The molecule has 170 valence electrons. The number of fused-ring (bicyclic) bond motifs is 5. The lowest BCUT2D eigenvalue weighted by Gasteiger charge is -2.48. The minimum Gasteiger partial charge on any atom is -0.192 e. The van der Waals surface area contributed by atoms with Gasteiger partial charge in [0, 0.05) is 24.5 Å². The van der Waals surface area contributed by atoms with Gasteiger partial charge in [-0.2, -0.15) is 4.57 Å². The molecule has 0 radical (unpaired) electrons. The second-order valence-electron chi connectivity index (χ2n) is 10.3. The van der Waals surface area contributed by atoms with E-state index in [0.29, 0.717) is 0 Å². The fourth-order valence-electron chi connectivity index (χ4n) is 6.63. The average Bonchev–Trinajstić information content (AvgIpc) is 2.81. The Balaban J connectivity index is 2.15. The molecule has 0 saturated heterocycles. The maximum absolute atomic E-state index is 2.71. The SMILES string of the molecule is CCCCc1cccc2c3c(ccc12)C(C)(CC)C(CC)(CCC)[n+]1cc(C)c(C)cc1-3. The maximum Gasteiger partial charge on any atom is 0.214 e. The molecular weight excluding hydrogens is 386 g/mol. The third-order valence-corrected chi connectivity index (χ3v) is 8.80. The van der Waals surface area contributed by atoms with E-state index in [1.54, 1.807) is 5.56 Å². The molecule has 0 N–H and O–H groups in total. The van der Waals surface area contributed by atoms with Crippen molar-refractivity contribution in [2.75, 3.05) is 0 Å². The van der Waals surface area contributed by atoms with Gasteiger partial charge < -0.3 is 0 Å². The third kappa shape index (κ3) is 3.15. The minimum absolute atomic E-state index is 0.0973. The largest absolute Gasteiger partial charge is 0.214 e. The standard InChI is InChI=1S/C31H42N/c1-8-12-14-24-15-13-16-26-25(24)17-18-27-29(26)28-20-22(5)23(6)21-32(28)31(11-4,19-9-2)30(27,7)10-3/h13,15-18,20-21H,8-12,14,19H2,1-7H3/q+1. The molecule has 0 fully saturated rings. The van der Waals surface area contributed by atoms with Crippen LogP contribution < -0.4 is 4.57 Å². The Bertz CT molecular complexity index is 1140. The van der Waals surface area contributed by atoms with Crippen LogP contribution in [-0.2, 0) is 17.4 Å². The van der Waals surface area contributed by atoms with Crippen LogP contribution in [0.5, 0.6) is 0 Å².